The van der Waals surface area contributed by atoms with E-state index in [0.717, 1.165) is 0 Å². The zero-order chi connectivity index (χ0) is 8.53. The number of nitrogens with two attached hydrogens (primary N) is 1. The Balaban J connectivity index is -0.000000180. The first-order valence-electron chi connectivity index (χ1n) is 3.18. The predicted molar refractivity (Wildman–Crippen MR) is 46.8 cm³/mol. The Morgan fingerprint density at radius 3 is 2.08 bits per heavy atom. The van der Waals surface area contributed by atoms with E-state index in [0.29, 0.717) is 6.54 Å². The molecule has 0 aromatic heterocycles. The second-order valence-electron chi connectivity index (χ2n) is 1.82. The zero-order valence-electron chi connectivity index (χ0n) is 8.20. The van der Waals surface area contributed by atoms with E-state index in [9.17, 15) is 0 Å². The standard InChI is InChI=1S/C7H9N.CBN.Na.H/c8-6-7-4-2-1-3-5-7;2-1-3;;/h1-5H,6,8H2;;;/q;;+1;-1. The molecule has 2 radical (unpaired) electrons. The fraction of sp³-hybridized carbons (Fsp3) is 0.125. The molecule has 0 unspecified atom stereocenters. The van der Waals surface area contributed by atoms with Gasteiger partial charge < -0.3 is 7.16 Å². The molecule has 0 saturated carbocycles. The summed E-state index contributed by atoms with van der Waals surface area (Å²) in [4.78, 5) is 0. The molecule has 0 heterocycles. The van der Waals surface area contributed by atoms with Crippen LogP contribution in [0.2, 0.25) is 0 Å². The van der Waals surface area contributed by atoms with E-state index in [2.05, 4.69) is 7.85 Å². The van der Waals surface area contributed by atoms with Crippen molar-refractivity contribution in [1.29, 1.82) is 5.26 Å². The van der Waals surface area contributed by atoms with E-state index < -0.39 is 0 Å². The van der Waals surface area contributed by atoms with E-state index in [1.807, 2.05) is 30.3 Å². The summed E-state index contributed by atoms with van der Waals surface area (Å²) in [6.07, 6.45) is 0. The number of rotatable bonds is 1. The van der Waals surface area contributed by atoms with Gasteiger partial charge in [0, 0.05) is 6.54 Å². The van der Waals surface area contributed by atoms with Gasteiger partial charge in [-0.2, -0.15) is 0 Å². The smallest absolute Gasteiger partial charge is 1.00 e. The van der Waals surface area contributed by atoms with Crippen molar-refractivity contribution < 1.29 is 31.0 Å². The fourth-order valence-electron chi connectivity index (χ4n) is 0.614. The Bertz CT molecular complexity index is 225. The SMILES string of the molecule is NCc1ccccc1.[B]C#N.[H-].[Na+]. The van der Waals surface area contributed by atoms with E-state index in [-0.39, 0.29) is 31.0 Å². The van der Waals surface area contributed by atoms with Crippen LogP contribution >= 0.6 is 0 Å². The van der Waals surface area contributed by atoms with Gasteiger partial charge in [-0.15, -0.1) is 0 Å². The molecule has 0 amide bonds. The van der Waals surface area contributed by atoms with Crippen LogP contribution in [0.25, 0.3) is 0 Å². The van der Waals surface area contributed by atoms with Crippen LogP contribution in [0.4, 0.5) is 0 Å². The molecule has 56 valence electrons. The van der Waals surface area contributed by atoms with Crippen molar-refractivity contribution in [3.05, 3.63) is 35.9 Å². The monoisotopic (exact) mass is 168 g/mol. The maximum absolute atomic E-state index is 7.10. The van der Waals surface area contributed by atoms with Crippen molar-refractivity contribution in [3.8, 4) is 5.97 Å². The Hall–Kier alpha value is -0.265. The third-order valence-electron chi connectivity index (χ3n) is 1.08. The summed E-state index contributed by atoms with van der Waals surface area (Å²) in [6, 6.07) is 9.99. The van der Waals surface area contributed by atoms with Crippen molar-refractivity contribution in [2.45, 2.75) is 6.54 Å². The largest absolute Gasteiger partial charge is 1.00 e. The van der Waals surface area contributed by atoms with Crippen molar-refractivity contribution >= 4 is 7.85 Å². The quantitative estimate of drug-likeness (QED) is 0.488. The number of nitriles is 1. The Morgan fingerprint density at radius 1 is 1.42 bits per heavy atom. The molecule has 1 aromatic carbocycles. The first-order valence-corrected chi connectivity index (χ1v) is 3.18. The molecule has 0 fully saturated rings. The van der Waals surface area contributed by atoms with Gasteiger partial charge in [-0.3, -0.25) is 0 Å². The predicted octanol–water partition coefficient (Wildman–Crippen LogP) is -2.10. The molecule has 2 N–H and O–H groups in total. The molecular weight excluding hydrogens is 158 g/mol. The number of hydrogen-bond acceptors (Lipinski definition) is 2. The first-order chi connectivity index (χ1) is 5.35. The summed E-state index contributed by atoms with van der Waals surface area (Å²) in [7, 11) is 4.15. The number of hydrogen-bond donors (Lipinski definition) is 1. The van der Waals surface area contributed by atoms with Gasteiger partial charge in [0.15, 0.2) is 0 Å². The molecule has 0 aliphatic heterocycles. The van der Waals surface area contributed by atoms with Crippen LogP contribution in [-0.4, -0.2) is 7.85 Å². The normalized spacial score (nSPS) is 6.67. The second-order valence-corrected chi connectivity index (χ2v) is 1.82. The maximum Gasteiger partial charge on any atom is 1.00 e. The van der Waals surface area contributed by atoms with Gasteiger partial charge in [-0.05, 0) is 11.5 Å². The van der Waals surface area contributed by atoms with Crippen LogP contribution in [0.3, 0.4) is 0 Å². The van der Waals surface area contributed by atoms with E-state index in [4.69, 9.17) is 11.0 Å². The summed E-state index contributed by atoms with van der Waals surface area (Å²) < 4.78 is 0. The van der Waals surface area contributed by atoms with Gasteiger partial charge in [0.05, 0.1) is 0 Å². The maximum atomic E-state index is 7.10. The van der Waals surface area contributed by atoms with Gasteiger partial charge in [0.1, 0.15) is 0 Å². The molecule has 0 spiro atoms. The minimum Gasteiger partial charge on any atom is -1.00 e. The second kappa shape index (κ2) is 10.7. The molecule has 0 aliphatic carbocycles. The van der Waals surface area contributed by atoms with Crippen molar-refractivity contribution in [3.63, 3.8) is 0 Å². The summed E-state index contributed by atoms with van der Waals surface area (Å²) in [5.41, 5.74) is 6.54. The molecule has 12 heavy (non-hydrogen) atoms. The molecule has 0 saturated heterocycles. The molecule has 4 heteroatoms. The summed E-state index contributed by atoms with van der Waals surface area (Å²) in [5, 5.41) is 7.10. The molecule has 0 aliphatic rings. The molecule has 1 rings (SSSR count). The topological polar surface area (TPSA) is 49.8 Å². The van der Waals surface area contributed by atoms with Gasteiger partial charge in [0.25, 0.3) is 0 Å². The third-order valence-corrected chi connectivity index (χ3v) is 1.08. The summed E-state index contributed by atoms with van der Waals surface area (Å²) in [5.74, 6) is 1.25. The molecule has 1 aromatic rings. The first kappa shape index (κ1) is 14.3. The van der Waals surface area contributed by atoms with Crippen LogP contribution < -0.4 is 35.3 Å². The summed E-state index contributed by atoms with van der Waals surface area (Å²) >= 11 is 0. The molecule has 0 atom stereocenters. The van der Waals surface area contributed by atoms with E-state index in [1.165, 1.54) is 11.5 Å². The van der Waals surface area contributed by atoms with Crippen molar-refractivity contribution in [2.75, 3.05) is 0 Å². The van der Waals surface area contributed by atoms with Crippen LogP contribution in [0.5, 0.6) is 0 Å². The van der Waals surface area contributed by atoms with Crippen LogP contribution in [0.15, 0.2) is 30.3 Å². The Kier molecular flexibility index (Phi) is 12.8. The fourth-order valence-corrected chi connectivity index (χ4v) is 0.614. The van der Waals surface area contributed by atoms with Crippen molar-refractivity contribution in [2.24, 2.45) is 5.73 Å². The van der Waals surface area contributed by atoms with Gasteiger partial charge in [0.2, 0.25) is 7.85 Å². The molecule has 0 bridgehead atoms. The third kappa shape index (κ3) is 7.84. The van der Waals surface area contributed by atoms with Crippen LogP contribution in [0, 0.1) is 11.2 Å². The minimum atomic E-state index is 0. The molecular formula is C8H10BN2Na. The van der Waals surface area contributed by atoms with Crippen LogP contribution in [0.1, 0.15) is 6.99 Å². The zero-order valence-corrected chi connectivity index (χ0v) is 9.20. The van der Waals surface area contributed by atoms with E-state index in [1.54, 1.807) is 0 Å². The van der Waals surface area contributed by atoms with Crippen LogP contribution in [-0.2, 0) is 6.54 Å². The Morgan fingerprint density at radius 2 is 1.83 bits per heavy atom. The minimum absolute atomic E-state index is 0. The summed E-state index contributed by atoms with van der Waals surface area (Å²) in [6.45, 7) is 0.640. The van der Waals surface area contributed by atoms with Gasteiger partial charge >= 0.3 is 29.6 Å². The van der Waals surface area contributed by atoms with Crippen molar-refractivity contribution in [1.82, 2.24) is 0 Å². The van der Waals surface area contributed by atoms with E-state index >= 15 is 0 Å². The van der Waals surface area contributed by atoms with Gasteiger partial charge in [-0.25, -0.2) is 5.26 Å². The average Bonchev–Trinajstić information content (AvgIpc) is 2.08. The average molecular weight is 168 g/mol. The number of benzene rings is 1. The van der Waals surface area contributed by atoms with Gasteiger partial charge in [-0.1, -0.05) is 30.3 Å². The molecule has 2 nitrogen and oxygen atoms in total. The Labute approximate surface area is 97.9 Å². The number of nitrogens with zero attached hydrogens (tertiary/aromatic N) is 1.